The number of benzene rings is 2. The molecule has 8 nitrogen and oxygen atoms in total. The van der Waals surface area contributed by atoms with Crippen molar-refractivity contribution in [2.24, 2.45) is 0 Å². The molecule has 0 spiro atoms. The number of hydrogen-bond donors (Lipinski definition) is 1. The van der Waals surface area contributed by atoms with Crippen LogP contribution in [-0.4, -0.2) is 65.7 Å². The van der Waals surface area contributed by atoms with Crippen molar-refractivity contribution in [1.82, 2.24) is 19.8 Å². The Labute approximate surface area is 236 Å². The smallest absolute Gasteiger partial charge is 0.298 e. The maximum atomic E-state index is 13.7. The van der Waals surface area contributed by atoms with E-state index < -0.39 is 0 Å². The van der Waals surface area contributed by atoms with E-state index in [9.17, 15) is 9.59 Å². The number of piperidine rings is 1. The first-order valence-corrected chi connectivity index (χ1v) is 14.7. The van der Waals surface area contributed by atoms with E-state index in [2.05, 4.69) is 44.4 Å². The van der Waals surface area contributed by atoms with Gasteiger partial charge in [0.05, 0.1) is 5.69 Å². The van der Waals surface area contributed by atoms with Crippen LogP contribution in [0.1, 0.15) is 65.9 Å². The van der Waals surface area contributed by atoms with E-state index >= 15 is 0 Å². The second kappa shape index (κ2) is 11.8. The third-order valence-electron chi connectivity index (χ3n) is 8.41. The first kappa shape index (κ1) is 26.6. The Bertz CT molecular complexity index is 1390. The predicted molar refractivity (Wildman–Crippen MR) is 157 cm³/mol. The van der Waals surface area contributed by atoms with Gasteiger partial charge in [0.2, 0.25) is 0 Å². The standard InChI is InChI=1S/C32H39N5O3/c1-23-6-7-25(31(38)34-27-10-11-27)21-29(23)37-18-14-33-30(32(37)39)36-17-4-5-26(22-36)24-8-12-28(13-9-24)40-20-19-35-15-2-3-16-35/h6-9,12-14,18,21,26-27H,2-5,10-11,15-17,19-20,22H2,1H3,(H,34,38). The lowest BCUT2D eigenvalue weighted by Gasteiger charge is -2.33. The molecule has 6 rings (SSSR count). The van der Waals surface area contributed by atoms with E-state index in [1.54, 1.807) is 17.0 Å². The van der Waals surface area contributed by atoms with Crippen LogP contribution in [0.25, 0.3) is 5.69 Å². The van der Waals surface area contributed by atoms with Crippen molar-refractivity contribution in [2.75, 3.05) is 44.2 Å². The second-order valence-electron chi connectivity index (χ2n) is 11.4. The van der Waals surface area contributed by atoms with Crippen LogP contribution < -0.4 is 20.5 Å². The van der Waals surface area contributed by atoms with Gasteiger partial charge >= 0.3 is 0 Å². The predicted octanol–water partition coefficient (Wildman–Crippen LogP) is 4.29. The average molecular weight is 542 g/mol. The molecule has 1 aromatic heterocycles. The topological polar surface area (TPSA) is 79.7 Å². The number of amides is 1. The Kier molecular flexibility index (Phi) is 7.86. The monoisotopic (exact) mass is 541 g/mol. The number of ether oxygens (including phenoxy) is 1. The first-order valence-electron chi connectivity index (χ1n) is 14.7. The highest BCUT2D eigenvalue weighted by Crippen LogP contribution is 2.30. The van der Waals surface area contributed by atoms with Gasteiger partial charge in [-0.2, -0.15) is 0 Å². The van der Waals surface area contributed by atoms with Crippen LogP contribution in [0.4, 0.5) is 5.82 Å². The molecule has 1 unspecified atom stereocenters. The number of nitrogens with one attached hydrogen (secondary N) is 1. The Balaban J connectivity index is 1.15. The van der Waals surface area contributed by atoms with E-state index in [4.69, 9.17) is 4.74 Å². The summed E-state index contributed by atoms with van der Waals surface area (Å²) < 4.78 is 7.62. The minimum absolute atomic E-state index is 0.0899. The van der Waals surface area contributed by atoms with Gasteiger partial charge in [0.25, 0.3) is 11.5 Å². The molecule has 1 amide bonds. The summed E-state index contributed by atoms with van der Waals surface area (Å²) >= 11 is 0. The maximum Gasteiger partial charge on any atom is 0.298 e. The Morgan fingerprint density at radius 2 is 1.82 bits per heavy atom. The fourth-order valence-corrected chi connectivity index (χ4v) is 5.89. The number of hydrogen-bond acceptors (Lipinski definition) is 6. The van der Waals surface area contributed by atoms with Crippen molar-refractivity contribution in [3.63, 3.8) is 0 Å². The molecule has 1 N–H and O–H groups in total. The first-order chi connectivity index (χ1) is 19.5. The van der Waals surface area contributed by atoms with Crippen LogP contribution in [0.3, 0.4) is 0 Å². The molecular weight excluding hydrogens is 502 g/mol. The summed E-state index contributed by atoms with van der Waals surface area (Å²) in [6, 6.07) is 14.3. The fourth-order valence-electron chi connectivity index (χ4n) is 5.89. The highest BCUT2D eigenvalue weighted by molar-refractivity contribution is 5.95. The van der Waals surface area contributed by atoms with Crippen LogP contribution in [0, 0.1) is 6.92 Å². The summed E-state index contributed by atoms with van der Waals surface area (Å²) in [5.74, 6) is 1.60. The SMILES string of the molecule is Cc1ccc(C(=O)NC2CC2)cc1-n1ccnc(N2CCCC(c3ccc(OCCN4CCCC4)cc3)C2)c1=O. The molecule has 0 radical (unpaired) electrons. The largest absolute Gasteiger partial charge is 0.492 e. The van der Waals surface area contributed by atoms with Crippen LogP contribution in [0.15, 0.2) is 59.7 Å². The number of carbonyl (C=O) groups is 1. The van der Waals surface area contributed by atoms with Crippen molar-refractivity contribution in [3.8, 4) is 11.4 Å². The van der Waals surface area contributed by atoms with E-state index in [1.807, 2.05) is 25.1 Å². The highest BCUT2D eigenvalue weighted by atomic mass is 16.5. The van der Waals surface area contributed by atoms with Gasteiger partial charge in [-0.1, -0.05) is 18.2 Å². The molecule has 3 heterocycles. The normalized spacial score (nSPS) is 19.5. The molecule has 1 aliphatic carbocycles. The molecule has 2 aromatic carbocycles. The lowest BCUT2D eigenvalue weighted by molar-refractivity contribution is 0.0951. The molecule has 3 aromatic rings. The molecule has 40 heavy (non-hydrogen) atoms. The van der Waals surface area contributed by atoms with Crippen LogP contribution in [0.5, 0.6) is 5.75 Å². The summed E-state index contributed by atoms with van der Waals surface area (Å²) in [5.41, 5.74) is 3.32. The average Bonchev–Trinajstić information content (AvgIpc) is 3.64. The van der Waals surface area contributed by atoms with Crippen molar-refractivity contribution in [3.05, 3.63) is 81.9 Å². The Hall–Kier alpha value is -3.65. The quantitative estimate of drug-likeness (QED) is 0.435. The van der Waals surface area contributed by atoms with Gasteiger partial charge in [-0.05, 0) is 93.9 Å². The van der Waals surface area contributed by atoms with E-state index in [1.165, 1.54) is 31.5 Å². The van der Waals surface area contributed by atoms with Crippen molar-refractivity contribution in [1.29, 1.82) is 0 Å². The zero-order valence-corrected chi connectivity index (χ0v) is 23.3. The molecule has 2 aliphatic heterocycles. The van der Waals surface area contributed by atoms with Crippen LogP contribution in [0.2, 0.25) is 0 Å². The number of nitrogens with zero attached hydrogens (tertiary/aromatic N) is 4. The number of likely N-dealkylation sites (tertiary alicyclic amines) is 1. The van der Waals surface area contributed by atoms with E-state index in [-0.39, 0.29) is 17.5 Å². The second-order valence-corrected chi connectivity index (χ2v) is 11.4. The number of rotatable bonds is 9. The van der Waals surface area contributed by atoms with Gasteiger partial charge in [0.1, 0.15) is 12.4 Å². The van der Waals surface area contributed by atoms with Crippen LogP contribution >= 0.6 is 0 Å². The minimum atomic E-state index is -0.159. The number of aromatic nitrogens is 2. The summed E-state index contributed by atoms with van der Waals surface area (Å²) in [6.45, 7) is 7.57. The van der Waals surface area contributed by atoms with E-state index in [0.717, 1.165) is 63.2 Å². The molecule has 210 valence electrons. The van der Waals surface area contributed by atoms with Crippen molar-refractivity contribution < 1.29 is 9.53 Å². The lowest BCUT2D eigenvalue weighted by atomic mass is 9.90. The van der Waals surface area contributed by atoms with Crippen LogP contribution in [-0.2, 0) is 0 Å². The van der Waals surface area contributed by atoms with Gasteiger partial charge in [-0.15, -0.1) is 0 Å². The van der Waals surface area contributed by atoms with Gasteiger partial charge in [0, 0.05) is 49.6 Å². The molecule has 0 bridgehead atoms. The van der Waals surface area contributed by atoms with Gasteiger partial charge in [-0.3, -0.25) is 19.1 Å². The summed E-state index contributed by atoms with van der Waals surface area (Å²) in [4.78, 5) is 35.5. The minimum Gasteiger partial charge on any atom is -0.492 e. The van der Waals surface area contributed by atoms with Gasteiger partial charge < -0.3 is 15.0 Å². The van der Waals surface area contributed by atoms with Crippen molar-refractivity contribution >= 4 is 11.7 Å². The number of anilines is 1. The highest BCUT2D eigenvalue weighted by Gasteiger charge is 2.26. The number of carbonyl (C=O) groups excluding carboxylic acids is 1. The van der Waals surface area contributed by atoms with Crippen molar-refractivity contribution in [2.45, 2.75) is 57.4 Å². The molecule has 2 saturated heterocycles. The molecule has 1 saturated carbocycles. The fraction of sp³-hybridized carbons (Fsp3) is 0.469. The summed E-state index contributed by atoms with van der Waals surface area (Å²) in [6.07, 6.45) is 10.1. The number of aryl methyl sites for hydroxylation is 1. The molecular formula is C32H39N5O3. The zero-order valence-electron chi connectivity index (χ0n) is 23.3. The summed E-state index contributed by atoms with van der Waals surface area (Å²) in [5, 5.41) is 3.03. The zero-order chi connectivity index (χ0) is 27.5. The lowest BCUT2D eigenvalue weighted by Crippen LogP contribution is -2.39. The third kappa shape index (κ3) is 6.07. The Morgan fingerprint density at radius 3 is 2.60 bits per heavy atom. The molecule has 3 fully saturated rings. The maximum absolute atomic E-state index is 13.7. The molecule has 1 atom stereocenters. The van der Waals surface area contributed by atoms with Gasteiger partial charge in [0.15, 0.2) is 5.82 Å². The molecule has 3 aliphatic rings. The summed E-state index contributed by atoms with van der Waals surface area (Å²) in [7, 11) is 0. The molecule has 8 heteroatoms. The Morgan fingerprint density at radius 1 is 1.02 bits per heavy atom. The van der Waals surface area contributed by atoms with E-state index in [0.29, 0.717) is 23.0 Å². The van der Waals surface area contributed by atoms with Gasteiger partial charge in [-0.25, -0.2) is 4.98 Å². The third-order valence-corrected chi connectivity index (χ3v) is 8.41.